The molecule has 0 aromatic carbocycles. The number of hydrogen-bond donors (Lipinski definition) is 1. The summed E-state index contributed by atoms with van der Waals surface area (Å²) >= 11 is 0. The van der Waals surface area contributed by atoms with Gasteiger partial charge in [-0.15, -0.1) is 12.4 Å². The van der Waals surface area contributed by atoms with E-state index in [0.717, 1.165) is 25.9 Å². The van der Waals surface area contributed by atoms with E-state index in [-0.39, 0.29) is 24.2 Å². The van der Waals surface area contributed by atoms with Crippen LogP contribution in [0.1, 0.15) is 40.0 Å². The lowest BCUT2D eigenvalue weighted by Crippen LogP contribution is -2.47. The van der Waals surface area contributed by atoms with Crippen molar-refractivity contribution in [3.63, 3.8) is 0 Å². The summed E-state index contributed by atoms with van der Waals surface area (Å²) in [5.41, 5.74) is 5.85. The molecule has 4 heteroatoms. The first-order chi connectivity index (χ1) is 7.02. The second-order valence-electron chi connectivity index (χ2n) is 5.16. The summed E-state index contributed by atoms with van der Waals surface area (Å²) in [6.45, 7) is 8.68. The lowest BCUT2D eigenvalue weighted by atomic mass is 9.79. The Morgan fingerprint density at radius 1 is 1.56 bits per heavy atom. The van der Waals surface area contributed by atoms with Gasteiger partial charge in [-0.1, -0.05) is 20.8 Å². The molecule has 0 spiro atoms. The van der Waals surface area contributed by atoms with E-state index in [1.807, 2.05) is 11.8 Å². The molecule has 96 valence electrons. The number of rotatable bonds is 3. The maximum atomic E-state index is 12.0. The third-order valence-corrected chi connectivity index (χ3v) is 3.72. The van der Waals surface area contributed by atoms with E-state index >= 15 is 0 Å². The Hall–Kier alpha value is -0.280. The molecule has 2 atom stereocenters. The molecule has 0 aromatic heterocycles. The van der Waals surface area contributed by atoms with Crippen molar-refractivity contribution in [1.82, 2.24) is 4.90 Å². The monoisotopic (exact) mass is 248 g/mol. The number of nitrogens with two attached hydrogens (primary N) is 1. The van der Waals surface area contributed by atoms with Crippen LogP contribution in [0.3, 0.4) is 0 Å². The highest BCUT2D eigenvalue weighted by Crippen LogP contribution is 2.32. The predicted molar refractivity (Wildman–Crippen MR) is 69.7 cm³/mol. The topological polar surface area (TPSA) is 46.3 Å². The van der Waals surface area contributed by atoms with Crippen LogP contribution in [0.5, 0.6) is 0 Å². The molecular formula is C12H25ClN2O. The SMILES string of the molecule is CCC1(C)CCCN(C(=O)C(C)CN)C1.Cl. The summed E-state index contributed by atoms with van der Waals surface area (Å²) < 4.78 is 0. The Balaban J connectivity index is 0.00000225. The van der Waals surface area contributed by atoms with Gasteiger partial charge in [0.25, 0.3) is 0 Å². The maximum absolute atomic E-state index is 12.0. The Morgan fingerprint density at radius 3 is 2.69 bits per heavy atom. The third kappa shape index (κ3) is 3.63. The standard InChI is InChI=1S/C12H24N2O.ClH/c1-4-12(3)6-5-7-14(9-12)11(15)10(2)8-13;/h10H,4-9,13H2,1-3H3;1H. The zero-order valence-corrected chi connectivity index (χ0v) is 11.5. The Kier molecular flexibility index (Phi) is 6.34. The Bertz CT molecular complexity index is 235. The number of amides is 1. The van der Waals surface area contributed by atoms with E-state index in [4.69, 9.17) is 5.73 Å². The molecule has 1 aliphatic rings. The highest BCUT2D eigenvalue weighted by Gasteiger charge is 2.32. The lowest BCUT2D eigenvalue weighted by molar-refractivity contribution is -0.138. The van der Waals surface area contributed by atoms with E-state index in [1.165, 1.54) is 6.42 Å². The van der Waals surface area contributed by atoms with Crippen LogP contribution < -0.4 is 5.73 Å². The van der Waals surface area contributed by atoms with E-state index in [2.05, 4.69) is 13.8 Å². The second-order valence-corrected chi connectivity index (χ2v) is 5.16. The van der Waals surface area contributed by atoms with Gasteiger partial charge in [-0.05, 0) is 24.7 Å². The predicted octanol–water partition coefficient (Wildman–Crippen LogP) is 2.04. The van der Waals surface area contributed by atoms with Crippen molar-refractivity contribution in [2.75, 3.05) is 19.6 Å². The smallest absolute Gasteiger partial charge is 0.226 e. The highest BCUT2D eigenvalue weighted by molar-refractivity contribution is 5.85. The number of halogens is 1. The molecule has 0 bridgehead atoms. The Morgan fingerprint density at radius 2 is 2.19 bits per heavy atom. The number of likely N-dealkylation sites (tertiary alicyclic amines) is 1. The van der Waals surface area contributed by atoms with Crippen LogP contribution in [0.4, 0.5) is 0 Å². The molecule has 1 heterocycles. The van der Waals surface area contributed by atoms with Gasteiger partial charge in [0.2, 0.25) is 5.91 Å². The summed E-state index contributed by atoms with van der Waals surface area (Å²) in [7, 11) is 0. The van der Waals surface area contributed by atoms with Crippen molar-refractivity contribution >= 4 is 18.3 Å². The zero-order valence-electron chi connectivity index (χ0n) is 10.7. The van der Waals surface area contributed by atoms with Gasteiger partial charge in [-0.25, -0.2) is 0 Å². The molecule has 1 saturated heterocycles. The van der Waals surface area contributed by atoms with Crippen LogP contribution >= 0.6 is 12.4 Å². The van der Waals surface area contributed by atoms with Crippen LogP contribution in [0.15, 0.2) is 0 Å². The van der Waals surface area contributed by atoms with Gasteiger partial charge < -0.3 is 10.6 Å². The molecule has 3 nitrogen and oxygen atoms in total. The first-order valence-electron chi connectivity index (χ1n) is 6.01. The fraction of sp³-hybridized carbons (Fsp3) is 0.917. The van der Waals surface area contributed by atoms with Crippen molar-refractivity contribution in [3.8, 4) is 0 Å². The molecular weight excluding hydrogens is 224 g/mol. The molecule has 16 heavy (non-hydrogen) atoms. The third-order valence-electron chi connectivity index (χ3n) is 3.72. The average Bonchev–Trinajstić information content (AvgIpc) is 2.27. The van der Waals surface area contributed by atoms with Gasteiger partial charge in [0.1, 0.15) is 0 Å². The quantitative estimate of drug-likeness (QED) is 0.831. The minimum Gasteiger partial charge on any atom is -0.342 e. The number of carbonyl (C=O) groups is 1. The van der Waals surface area contributed by atoms with Gasteiger partial charge in [0.15, 0.2) is 0 Å². The molecule has 1 aliphatic heterocycles. The second kappa shape index (κ2) is 6.45. The van der Waals surface area contributed by atoms with Crippen LogP contribution in [0, 0.1) is 11.3 Å². The van der Waals surface area contributed by atoms with Gasteiger partial charge in [-0.2, -0.15) is 0 Å². The van der Waals surface area contributed by atoms with Crippen molar-refractivity contribution in [3.05, 3.63) is 0 Å². The van der Waals surface area contributed by atoms with Gasteiger partial charge >= 0.3 is 0 Å². The molecule has 0 aliphatic carbocycles. The summed E-state index contributed by atoms with van der Waals surface area (Å²) in [4.78, 5) is 14.0. The molecule has 2 unspecified atom stereocenters. The van der Waals surface area contributed by atoms with E-state index in [0.29, 0.717) is 12.0 Å². The highest BCUT2D eigenvalue weighted by atomic mass is 35.5. The van der Waals surface area contributed by atoms with Crippen molar-refractivity contribution in [1.29, 1.82) is 0 Å². The molecule has 2 N–H and O–H groups in total. The lowest BCUT2D eigenvalue weighted by Gasteiger charge is -2.40. The van der Waals surface area contributed by atoms with Crippen molar-refractivity contribution < 1.29 is 4.79 Å². The number of piperidine rings is 1. The number of hydrogen-bond acceptors (Lipinski definition) is 2. The minimum absolute atomic E-state index is 0. The first-order valence-corrected chi connectivity index (χ1v) is 6.01. The fourth-order valence-corrected chi connectivity index (χ4v) is 2.20. The maximum Gasteiger partial charge on any atom is 0.226 e. The van der Waals surface area contributed by atoms with Gasteiger partial charge in [0, 0.05) is 25.6 Å². The average molecular weight is 249 g/mol. The van der Waals surface area contributed by atoms with E-state index < -0.39 is 0 Å². The van der Waals surface area contributed by atoms with Crippen LogP contribution in [-0.2, 0) is 4.79 Å². The first kappa shape index (κ1) is 15.7. The van der Waals surface area contributed by atoms with Crippen LogP contribution in [0.2, 0.25) is 0 Å². The van der Waals surface area contributed by atoms with Crippen LogP contribution in [-0.4, -0.2) is 30.4 Å². The fourth-order valence-electron chi connectivity index (χ4n) is 2.20. The number of carbonyl (C=O) groups excluding carboxylic acids is 1. The minimum atomic E-state index is -0.0239. The van der Waals surface area contributed by atoms with E-state index in [1.54, 1.807) is 0 Å². The summed E-state index contributed by atoms with van der Waals surface area (Å²) in [6, 6.07) is 0. The summed E-state index contributed by atoms with van der Waals surface area (Å²) in [5, 5.41) is 0. The largest absolute Gasteiger partial charge is 0.342 e. The molecule has 1 rings (SSSR count). The van der Waals surface area contributed by atoms with Gasteiger partial charge in [0.05, 0.1) is 0 Å². The Labute approximate surface area is 105 Å². The molecule has 1 amide bonds. The van der Waals surface area contributed by atoms with Crippen LogP contribution in [0.25, 0.3) is 0 Å². The molecule has 0 saturated carbocycles. The molecule has 1 fully saturated rings. The van der Waals surface area contributed by atoms with Gasteiger partial charge in [-0.3, -0.25) is 4.79 Å². The van der Waals surface area contributed by atoms with E-state index in [9.17, 15) is 4.79 Å². The molecule has 0 radical (unpaired) electrons. The zero-order chi connectivity index (χ0) is 11.5. The summed E-state index contributed by atoms with van der Waals surface area (Å²) in [6.07, 6.45) is 3.52. The summed E-state index contributed by atoms with van der Waals surface area (Å²) in [5.74, 6) is 0.209. The van der Waals surface area contributed by atoms with Crippen molar-refractivity contribution in [2.45, 2.75) is 40.0 Å². The normalized spacial score (nSPS) is 27.1. The molecule has 0 aromatic rings. The number of nitrogens with zero attached hydrogens (tertiary/aromatic N) is 1. The van der Waals surface area contributed by atoms with Crippen molar-refractivity contribution in [2.24, 2.45) is 17.1 Å².